The van der Waals surface area contributed by atoms with Gasteiger partial charge in [-0.05, 0) is 24.3 Å². The molecule has 0 aliphatic rings. The van der Waals surface area contributed by atoms with E-state index in [-0.39, 0.29) is 5.56 Å². The quantitative estimate of drug-likeness (QED) is 0.264. The summed E-state index contributed by atoms with van der Waals surface area (Å²) in [5.74, 6) is 1.35. The van der Waals surface area contributed by atoms with Gasteiger partial charge >= 0.3 is 0 Å². The Morgan fingerprint density at radius 2 is 1.80 bits per heavy atom. The Morgan fingerprint density at radius 1 is 0.967 bits per heavy atom. The lowest BCUT2D eigenvalue weighted by Gasteiger charge is -2.11. The number of thiazole rings is 1. The summed E-state index contributed by atoms with van der Waals surface area (Å²) in [6.07, 6.45) is 1.61. The van der Waals surface area contributed by atoms with Crippen LogP contribution < -0.4 is 5.56 Å². The zero-order valence-electron chi connectivity index (χ0n) is 15.9. The summed E-state index contributed by atoms with van der Waals surface area (Å²) < 4.78 is 7.14. The van der Waals surface area contributed by atoms with E-state index in [0.29, 0.717) is 28.4 Å². The lowest BCUT2D eigenvalue weighted by molar-refractivity contribution is 0.476. The first kappa shape index (κ1) is 18.8. The molecule has 0 N–H and O–H groups in total. The summed E-state index contributed by atoms with van der Waals surface area (Å²) >= 11 is 3.14. The fourth-order valence-electron chi connectivity index (χ4n) is 3.18. The minimum absolute atomic E-state index is 0.0669. The number of furan rings is 1. The molecule has 2 aromatic carbocycles. The summed E-state index contributed by atoms with van der Waals surface area (Å²) in [7, 11) is 0. The molecule has 0 atom stereocenters. The Morgan fingerprint density at radius 3 is 2.63 bits per heavy atom. The number of aromatic nitrogens is 3. The number of rotatable bonds is 6. The van der Waals surface area contributed by atoms with Gasteiger partial charge in [0.1, 0.15) is 10.8 Å². The van der Waals surface area contributed by atoms with Crippen molar-refractivity contribution in [2.24, 2.45) is 0 Å². The number of fused-ring (bicyclic) bond motifs is 1. The number of hydrogen-bond acceptors (Lipinski definition) is 6. The van der Waals surface area contributed by atoms with Gasteiger partial charge in [-0.1, -0.05) is 54.2 Å². The third-order valence-corrected chi connectivity index (χ3v) is 6.59. The van der Waals surface area contributed by atoms with Crippen LogP contribution in [0.5, 0.6) is 0 Å². The van der Waals surface area contributed by atoms with Gasteiger partial charge in [-0.2, -0.15) is 0 Å². The molecule has 0 saturated carbocycles. The molecule has 30 heavy (non-hydrogen) atoms. The molecule has 5 aromatic rings. The number of para-hydroxylation sites is 1. The number of thioether (sulfide) groups is 1. The molecule has 7 heteroatoms. The normalized spacial score (nSPS) is 11.2. The Balaban J connectivity index is 1.46. The third-order valence-electron chi connectivity index (χ3n) is 4.64. The minimum Gasteiger partial charge on any atom is -0.467 e. The van der Waals surface area contributed by atoms with Gasteiger partial charge in [0.05, 0.1) is 29.4 Å². The monoisotopic (exact) mass is 431 g/mol. The van der Waals surface area contributed by atoms with Gasteiger partial charge in [0.2, 0.25) is 0 Å². The molecule has 0 fully saturated rings. The maximum atomic E-state index is 13.1. The zero-order valence-corrected chi connectivity index (χ0v) is 17.5. The highest BCUT2D eigenvalue weighted by atomic mass is 32.2. The zero-order chi connectivity index (χ0) is 20.3. The SMILES string of the molecule is O=c1c2ccccc2nc(SCc2csc(-c3ccccc3)n2)n1Cc1ccco1. The van der Waals surface area contributed by atoms with Gasteiger partial charge in [0.25, 0.3) is 5.56 Å². The summed E-state index contributed by atoms with van der Waals surface area (Å²) in [4.78, 5) is 22.6. The molecule has 5 nitrogen and oxygen atoms in total. The molecule has 0 saturated heterocycles. The highest BCUT2D eigenvalue weighted by Crippen LogP contribution is 2.27. The van der Waals surface area contributed by atoms with Gasteiger partial charge < -0.3 is 4.42 Å². The van der Waals surface area contributed by atoms with Crippen molar-refractivity contribution >= 4 is 34.0 Å². The van der Waals surface area contributed by atoms with Gasteiger partial charge in [0, 0.05) is 16.7 Å². The molecule has 3 heterocycles. The summed E-state index contributed by atoms with van der Waals surface area (Å²) in [5, 5.41) is 4.31. The molecule has 0 spiro atoms. The van der Waals surface area contributed by atoms with Crippen molar-refractivity contribution in [3.05, 3.63) is 100 Å². The van der Waals surface area contributed by atoms with Crippen molar-refractivity contribution < 1.29 is 4.42 Å². The van der Waals surface area contributed by atoms with Crippen LogP contribution in [-0.4, -0.2) is 14.5 Å². The van der Waals surface area contributed by atoms with Crippen LogP contribution in [0.3, 0.4) is 0 Å². The van der Waals surface area contributed by atoms with Crippen LogP contribution >= 0.6 is 23.1 Å². The van der Waals surface area contributed by atoms with Crippen molar-refractivity contribution in [3.63, 3.8) is 0 Å². The van der Waals surface area contributed by atoms with Crippen LogP contribution in [0.15, 0.2) is 92.7 Å². The fourth-order valence-corrected chi connectivity index (χ4v) is 5.00. The first-order valence-electron chi connectivity index (χ1n) is 9.42. The van der Waals surface area contributed by atoms with Crippen LogP contribution in [-0.2, 0) is 12.3 Å². The smallest absolute Gasteiger partial charge is 0.262 e. The van der Waals surface area contributed by atoms with Crippen molar-refractivity contribution in [1.82, 2.24) is 14.5 Å². The van der Waals surface area contributed by atoms with E-state index < -0.39 is 0 Å². The molecule has 3 aromatic heterocycles. The Hall–Kier alpha value is -3.16. The van der Waals surface area contributed by atoms with Gasteiger partial charge in [0.15, 0.2) is 5.16 Å². The summed E-state index contributed by atoms with van der Waals surface area (Å²) in [5.41, 5.74) is 2.71. The highest BCUT2D eigenvalue weighted by molar-refractivity contribution is 7.98. The Bertz CT molecular complexity index is 1340. The lowest BCUT2D eigenvalue weighted by Crippen LogP contribution is -2.23. The molecular weight excluding hydrogens is 414 g/mol. The van der Waals surface area contributed by atoms with Gasteiger partial charge in [-0.15, -0.1) is 11.3 Å². The van der Waals surface area contributed by atoms with E-state index in [2.05, 4.69) is 17.5 Å². The molecule has 0 aliphatic heterocycles. The van der Waals surface area contributed by atoms with Crippen LogP contribution in [0.4, 0.5) is 0 Å². The second-order valence-corrected chi connectivity index (χ2v) is 8.48. The topological polar surface area (TPSA) is 60.9 Å². The molecule has 0 unspecified atom stereocenters. The molecule has 0 aliphatic carbocycles. The Labute approximate surface area is 181 Å². The van der Waals surface area contributed by atoms with Crippen LogP contribution in [0.25, 0.3) is 21.5 Å². The van der Waals surface area contributed by atoms with Crippen molar-refractivity contribution in [1.29, 1.82) is 0 Å². The molecule has 0 radical (unpaired) electrons. The third kappa shape index (κ3) is 3.81. The van der Waals surface area contributed by atoms with Crippen LogP contribution in [0.2, 0.25) is 0 Å². The minimum atomic E-state index is -0.0669. The Kier molecular flexibility index (Phi) is 5.21. The van der Waals surface area contributed by atoms with E-state index in [1.54, 1.807) is 22.2 Å². The summed E-state index contributed by atoms with van der Waals surface area (Å²) in [6.45, 7) is 0.346. The average Bonchev–Trinajstić information content (AvgIpc) is 3.47. The first-order valence-corrected chi connectivity index (χ1v) is 11.3. The first-order chi connectivity index (χ1) is 14.8. The lowest BCUT2D eigenvalue weighted by atomic mass is 10.2. The van der Waals surface area contributed by atoms with E-state index in [9.17, 15) is 4.79 Å². The van der Waals surface area contributed by atoms with E-state index in [1.807, 2.05) is 54.6 Å². The molecule has 0 amide bonds. The van der Waals surface area contributed by atoms with Crippen molar-refractivity contribution in [2.75, 3.05) is 0 Å². The molecular formula is C23H17N3O2S2. The second-order valence-electron chi connectivity index (χ2n) is 6.68. The van der Waals surface area contributed by atoms with E-state index in [4.69, 9.17) is 14.4 Å². The number of benzene rings is 2. The fraction of sp³-hybridized carbons (Fsp3) is 0.0870. The predicted octanol–water partition coefficient (Wildman–Crippen LogP) is 5.45. The van der Waals surface area contributed by atoms with Crippen molar-refractivity contribution in [2.45, 2.75) is 17.5 Å². The standard InChI is InChI=1S/C23H17N3O2S2/c27-22-19-10-4-5-11-20(19)25-23(26(22)13-18-9-6-12-28-18)30-15-17-14-29-21(24-17)16-7-2-1-3-8-16/h1-12,14H,13,15H2. The second kappa shape index (κ2) is 8.30. The molecule has 0 bridgehead atoms. The number of hydrogen-bond donors (Lipinski definition) is 0. The van der Waals surface area contributed by atoms with Gasteiger partial charge in [-0.25, -0.2) is 9.97 Å². The maximum Gasteiger partial charge on any atom is 0.262 e. The molecule has 5 rings (SSSR count). The average molecular weight is 432 g/mol. The van der Waals surface area contributed by atoms with E-state index >= 15 is 0 Å². The number of nitrogens with zero attached hydrogens (tertiary/aromatic N) is 3. The van der Waals surface area contributed by atoms with Crippen LogP contribution in [0.1, 0.15) is 11.5 Å². The largest absolute Gasteiger partial charge is 0.467 e. The van der Waals surface area contributed by atoms with Gasteiger partial charge in [-0.3, -0.25) is 9.36 Å². The predicted molar refractivity (Wildman–Crippen MR) is 121 cm³/mol. The van der Waals surface area contributed by atoms with Crippen molar-refractivity contribution in [3.8, 4) is 10.6 Å². The van der Waals surface area contributed by atoms with E-state index in [1.165, 1.54) is 11.8 Å². The maximum absolute atomic E-state index is 13.1. The van der Waals surface area contributed by atoms with Crippen LogP contribution in [0, 0.1) is 0 Å². The summed E-state index contributed by atoms with van der Waals surface area (Å²) in [6, 6.07) is 21.3. The van der Waals surface area contributed by atoms with E-state index in [0.717, 1.165) is 22.0 Å². The molecule has 148 valence electrons. The highest BCUT2D eigenvalue weighted by Gasteiger charge is 2.14.